The minimum Gasteiger partial charge on any atom is -0.320 e. The van der Waals surface area contributed by atoms with Crippen molar-refractivity contribution in [2.24, 2.45) is 0 Å². The van der Waals surface area contributed by atoms with E-state index in [2.05, 4.69) is 0 Å². The number of alkyl halides is 3. The summed E-state index contributed by atoms with van der Waals surface area (Å²) in [5.74, 6) is -3.36. The van der Waals surface area contributed by atoms with Gasteiger partial charge in [-0.25, -0.2) is 17.2 Å². The summed E-state index contributed by atoms with van der Waals surface area (Å²) in [6.45, 7) is 0.669. The highest BCUT2D eigenvalue weighted by atomic mass is 32.2. The second-order valence-electron chi connectivity index (χ2n) is 7.02. The smallest absolute Gasteiger partial charge is 0.320 e. The Hall–Kier alpha value is -3.47. The molecule has 0 fully saturated rings. The van der Waals surface area contributed by atoms with E-state index in [0.29, 0.717) is 10.4 Å². The molecule has 0 aromatic heterocycles. The van der Waals surface area contributed by atoms with Gasteiger partial charge in [0.05, 0.1) is 16.1 Å². The lowest BCUT2D eigenvalue weighted by molar-refractivity contribution is -0.137. The lowest BCUT2D eigenvalue weighted by atomic mass is 10.2. The Labute approximate surface area is 186 Å². The summed E-state index contributed by atoms with van der Waals surface area (Å²) >= 11 is 0. The first-order valence-corrected chi connectivity index (χ1v) is 10.8. The Morgan fingerprint density at radius 2 is 1.52 bits per heavy atom. The summed E-state index contributed by atoms with van der Waals surface area (Å²) in [5, 5.41) is 1.94. The van der Waals surface area contributed by atoms with E-state index >= 15 is 0 Å². The lowest BCUT2D eigenvalue weighted by Crippen LogP contribution is -2.38. The van der Waals surface area contributed by atoms with E-state index in [9.17, 15) is 35.2 Å². The number of anilines is 2. The maximum Gasteiger partial charge on any atom is 0.416 e. The molecule has 0 aliphatic carbocycles. The van der Waals surface area contributed by atoms with Crippen LogP contribution >= 0.6 is 0 Å². The maximum absolute atomic E-state index is 13.9. The van der Waals surface area contributed by atoms with Crippen LogP contribution < -0.4 is 9.62 Å². The minimum absolute atomic E-state index is 0.282. The third-order valence-electron chi connectivity index (χ3n) is 4.58. The molecule has 0 bridgehead atoms. The molecule has 0 aliphatic rings. The molecule has 0 saturated heterocycles. The highest BCUT2D eigenvalue weighted by molar-refractivity contribution is 7.92. The van der Waals surface area contributed by atoms with E-state index in [0.717, 1.165) is 42.0 Å². The number of aryl methyl sites for hydroxylation is 1. The largest absolute Gasteiger partial charge is 0.416 e. The number of hydrogen-bond acceptors (Lipinski definition) is 3. The molecule has 11 heteroatoms. The molecule has 3 rings (SSSR count). The summed E-state index contributed by atoms with van der Waals surface area (Å²) < 4.78 is 94.3. The van der Waals surface area contributed by atoms with Gasteiger partial charge in [0, 0.05) is 0 Å². The third-order valence-corrected chi connectivity index (χ3v) is 6.37. The molecule has 174 valence electrons. The molecule has 0 atom stereocenters. The van der Waals surface area contributed by atoms with Crippen LogP contribution in [0.4, 0.5) is 33.3 Å². The molecule has 33 heavy (non-hydrogen) atoms. The number of hydrogen-bond donors (Lipinski definition) is 1. The monoisotopic (exact) mass is 484 g/mol. The Morgan fingerprint density at radius 3 is 2.09 bits per heavy atom. The van der Waals surface area contributed by atoms with Crippen LogP contribution in [-0.4, -0.2) is 20.9 Å². The first-order chi connectivity index (χ1) is 15.4. The highest BCUT2D eigenvalue weighted by Gasteiger charge is 2.33. The first kappa shape index (κ1) is 24.2. The van der Waals surface area contributed by atoms with Crippen molar-refractivity contribution in [3.8, 4) is 0 Å². The van der Waals surface area contributed by atoms with Gasteiger partial charge in [0.15, 0.2) is 0 Å². The Morgan fingerprint density at radius 1 is 0.939 bits per heavy atom. The van der Waals surface area contributed by atoms with Gasteiger partial charge >= 0.3 is 6.18 Å². The van der Waals surface area contributed by atoms with Crippen LogP contribution in [0.1, 0.15) is 11.1 Å². The number of nitrogens with zero attached hydrogens (tertiary/aromatic N) is 1. The van der Waals surface area contributed by atoms with Crippen LogP contribution in [0, 0.1) is 18.6 Å². The standard InChI is InChI=1S/C22H17F5N2O3S/c1-14-8-10-17(11-9-14)33(31,32)29(16-5-2-4-15(12-16)22(25,26)27)13-20(30)28-21-18(23)6-3-7-19(21)24/h2-12H,13H2,1H3,(H,28,30). The SMILES string of the molecule is Cc1ccc(S(=O)(=O)N(CC(=O)Nc2c(F)cccc2F)c2cccc(C(F)(F)F)c2)cc1. The first-order valence-electron chi connectivity index (χ1n) is 9.40. The highest BCUT2D eigenvalue weighted by Crippen LogP contribution is 2.33. The van der Waals surface area contributed by atoms with Crippen molar-refractivity contribution in [3.63, 3.8) is 0 Å². The van der Waals surface area contributed by atoms with Crippen LogP contribution in [0.3, 0.4) is 0 Å². The van der Waals surface area contributed by atoms with E-state index in [1.165, 1.54) is 24.3 Å². The Balaban J connectivity index is 2.04. The van der Waals surface area contributed by atoms with E-state index < -0.39 is 57.2 Å². The van der Waals surface area contributed by atoms with Crippen molar-refractivity contribution < 1.29 is 35.2 Å². The zero-order valence-corrected chi connectivity index (χ0v) is 17.8. The Bertz CT molecular complexity index is 1260. The van der Waals surface area contributed by atoms with E-state index in [1.54, 1.807) is 6.92 Å². The van der Waals surface area contributed by atoms with E-state index in [4.69, 9.17) is 0 Å². The van der Waals surface area contributed by atoms with Crippen LogP contribution in [0.15, 0.2) is 71.6 Å². The molecule has 0 saturated carbocycles. The van der Waals surface area contributed by atoms with Gasteiger partial charge in [-0.3, -0.25) is 9.10 Å². The number of carbonyl (C=O) groups excluding carboxylic acids is 1. The molecule has 0 spiro atoms. The molecular formula is C22H17F5N2O3S. The fraction of sp³-hybridized carbons (Fsp3) is 0.136. The number of rotatable bonds is 6. The van der Waals surface area contributed by atoms with Gasteiger partial charge < -0.3 is 5.32 Å². The average molecular weight is 484 g/mol. The van der Waals surface area contributed by atoms with Gasteiger partial charge in [0.25, 0.3) is 10.0 Å². The van der Waals surface area contributed by atoms with Crippen LogP contribution in [-0.2, 0) is 21.0 Å². The molecule has 1 N–H and O–H groups in total. The van der Waals surface area contributed by atoms with Crippen molar-refractivity contribution in [3.05, 3.63) is 89.5 Å². The Kier molecular flexibility index (Phi) is 6.73. The topological polar surface area (TPSA) is 66.5 Å². The number of nitrogens with one attached hydrogen (secondary N) is 1. The summed E-state index contributed by atoms with van der Waals surface area (Å²) in [6, 6.07) is 11.6. The summed E-state index contributed by atoms with van der Waals surface area (Å²) in [4.78, 5) is 12.3. The second-order valence-corrected chi connectivity index (χ2v) is 8.88. The molecular weight excluding hydrogens is 467 g/mol. The van der Waals surface area contributed by atoms with Gasteiger partial charge in [-0.1, -0.05) is 29.8 Å². The van der Waals surface area contributed by atoms with Gasteiger partial charge in [-0.05, 0) is 49.4 Å². The van der Waals surface area contributed by atoms with Crippen molar-refractivity contribution in [2.75, 3.05) is 16.2 Å². The van der Waals surface area contributed by atoms with Crippen LogP contribution in [0.2, 0.25) is 0 Å². The van der Waals surface area contributed by atoms with Crippen molar-refractivity contribution in [1.29, 1.82) is 0 Å². The molecule has 3 aromatic carbocycles. The molecule has 1 amide bonds. The fourth-order valence-electron chi connectivity index (χ4n) is 2.92. The summed E-state index contributed by atoms with van der Waals surface area (Å²) in [5.41, 5.74) is -1.66. The number of amides is 1. The van der Waals surface area contributed by atoms with Gasteiger partial charge in [-0.2, -0.15) is 13.2 Å². The van der Waals surface area contributed by atoms with E-state index in [1.807, 2.05) is 5.32 Å². The third kappa shape index (κ3) is 5.48. The molecule has 0 radical (unpaired) electrons. The normalized spacial score (nSPS) is 11.8. The molecule has 0 unspecified atom stereocenters. The quantitative estimate of drug-likeness (QED) is 0.494. The zero-order chi connectivity index (χ0) is 24.4. The predicted octanol–water partition coefficient (Wildman–Crippen LogP) is 5.13. The molecule has 3 aromatic rings. The number of sulfonamides is 1. The van der Waals surface area contributed by atoms with Gasteiger partial charge in [0.1, 0.15) is 23.9 Å². The van der Waals surface area contributed by atoms with Crippen LogP contribution in [0.5, 0.6) is 0 Å². The number of halogens is 5. The maximum atomic E-state index is 13.9. The zero-order valence-electron chi connectivity index (χ0n) is 17.0. The molecule has 0 heterocycles. The number of para-hydroxylation sites is 1. The number of carbonyl (C=O) groups is 1. The minimum atomic E-state index is -4.77. The molecule has 5 nitrogen and oxygen atoms in total. The van der Waals surface area contributed by atoms with Crippen molar-refractivity contribution in [1.82, 2.24) is 0 Å². The molecule has 0 aliphatic heterocycles. The van der Waals surface area contributed by atoms with Crippen molar-refractivity contribution >= 4 is 27.3 Å². The lowest BCUT2D eigenvalue weighted by Gasteiger charge is -2.25. The van der Waals surface area contributed by atoms with E-state index in [-0.39, 0.29) is 4.90 Å². The summed E-state index contributed by atoms with van der Waals surface area (Å²) in [7, 11) is -4.52. The van der Waals surface area contributed by atoms with Gasteiger partial charge in [-0.15, -0.1) is 0 Å². The fourth-order valence-corrected chi connectivity index (χ4v) is 4.33. The summed E-state index contributed by atoms with van der Waals surface area (Å²) in [6.07, 6.45) is -4.77. The predicted molar refractivity (Wildman–Crippen MR) is 112 cm³/mol. The number of benzene rings is 3. The van der Waals surface area contributed by atoms with Gasteiger partial charge in [0.2, 0.25) is 5.91 Å². The van der Waals surface area contributed by atoms with Crippen LogP contribution in [0.25, 0.3) is 0 Å². The average Bonchev–Trinajstić information content (AvgIpc) is 2.74. The second kappa shape index (κ2) is 9.18. The van der Waals surface area contributed by atoms with Crippen molar-refractivity contribution in [2.45, 2.75) is 18.0 Å².